The highest BCUT2D eigenvalue weighted by Crippen LogP contribution is 2.31. The lowest BCUT2D eigenvalue weighted by Crippen LogP contribution is -2.41. The van der Waals surface area contributed by atoms with E-state index in [1.807, 2.05) is 6.92 Å². The van der Waals surface area contributed by atoms with Crippen LogP contribution >= 0.6 is 0 Å². The van der Waals surface area contributed by atoms with Gasteiger partial charge in [-0.3, -0.25) is 0 Å². The van der Waals surface area contributed by atoms with Crippen LogP contribution in [0.2, 0.25) is 0 Å². The van der Waals surface area contributed by atoms with E-state index in [9.17, 15) is 12.8 Å². The molecule has 3 nitrogen and oxygen atoms in total. The average molecular weight is 299 g/mol. The second-order valence-electron chi connectivity index (χ2n) is 5.39. The van der Waals surface area contributed by atoms with Gasteiger partial charge in [0.15, 0.2) is 9.84 Å². The molecular weight excluding hydrogens is 277 g/mol. The summed E-state index contributed by atoms with van der Waals surface area (Å²) in [4.78, 5) is 0. The number of rotatable bonds is 5. The fourth-order valence-corrected chi connectivity index (χ4v) is 4.92. The Bertz CT molecular complexity index is 545. The standard InChI is InChI=1S/C15H22FNO2S/c1-2-9-17-15(12-6-5-7-13(16)11-12)14-8-3-4-10-20(14,18)19/h5-7,11,14-15,17H,2-4,8-10H2,1H3. The summed E-state index contributed by atoms with van der Waals surface area (Å²) in [5, 5.41) is 2.85. The fourth-order valence-electron chi connectivity index (χ4n) is 2.82. The highest BCUT2D eigenvalue weighted by molar-refractivity contribution is 7.92. The molecule has 0 spiro atoms. The van der Waals surface area contributed by atoms with Gasteiger partial charge in [-0.05, 0) is 43.5 Å². The van der Waals surface area contributed by atoms with Gasteiger partial charge in [-0.25, -0.2) is 12.8 Å². The van der Waals surface area contributed by atoms with Crippen LogP contribution in [0.3, 0.4) is 0 Å². The lowest BCUT2D eigenvalue weighted by Gasteiger charge is -2.31. The van der Waals surface area contributed by atoms with Gasteiger partial charge in [0, 0.05) is 6.04 Å². The number of hydrogen-bond acceptors (Lipinski definition) is 3. The molecule has 2 rings (SSSR count). The van der Waals surface area contributed by atoms with Crippen molar-refractivity contribution in [3.05, 3.63) is 35.6 Å². The lowest BCUT2D eigenvalue weighted by molar-refractivity contribution is 0.445. The maximum absolute atomic E-state index is 13.4. The van der Waals surface area contributed by atoms with Crippen molar-refractivity contribution in [3.63, 3.8) is 0 Å². The van der Waals surface area contributed by atoms with Crippen LogP contribution in [0.4, 0.5) is 4.39 Å². The van der Waals surface area contributed by atoms with Gasteiger partial charge < -0.3 is 5.32 Å². The first kappa shape index (κ1) is 15.4. The molecule has 0 aliphatic carbocycles. The summed E-state index contributed by atoms with van der Waals surface area (Å²) in [6.07, 6.45) is 3.23. The minimum absolute atomic E-state index is 0.247. The third kappa shape index (κ3) is 3.58. The van der Waals surface area contributed by atoms with Crippen molar-refractivity contribution >= 4 is 9.84 Å². The summed E-state index contributed by atoms with van der Waals surface area (Å²) < 4.78 is 38.1. The van der Waals surface area contributed by atoms with Crippen LogP contribution in [0.1, 0.15) is 44.2 Å². The fraction of sp³-hybridized carbons (Fsp3) is 0.600. The van der Waals surface area contributed by atoms with Crippen LogP contribution in [0.25, 0.3) is 0 Å². The molecule has 1 aromatic rings. The van der Waals surface area contributed by atoms with Crippen LogP contribution in [0, 0.1) is 5.82 Å². The van der Waals surface area contributed by atoms with E-state index < -0.39 is 15.1 Å². The Balaban J connectivity index is 2.31. The van der Waals surface area contributed by atoms with Crippen molar-refractivity contribution in [1.82, 2.24) is 5.32 Å². The van der Waals surface area contributed by atoms with Gasteiger partial charge in [0.1, 0.15) is 5.82 Å². The van der Waals surface area contributed by atoms with Gasteiger partial charge in [0.2, 0.25) is 0 Å². The van der Waals surface area contributed by atoms with Crippen LogP contribution in [-0.4, -0.2) is 26.0 Å². The maximum Gasteiger partial charge on any atom is 0.155 e. The van der Waals surface area contributed by atoms with E-state index in [0.29, 0.717) is 6.42 Å². The minimum atomic E-state index is -3.10. The molecule has 0 saturated carbocycles. The van der Waals surface area contributed by atoms with Gasteiger partial charge in [-0.1, -0.05) is 25.5 Å². The van der Waals surface area contributed by atoms with E-state index in [4.69, 9.17) is 0 Å². The zero-order valence-corrected chi connectivity index (χ0v) is 12.6. The molecule has 2 unspecified atom stereocenters. The topological polar surface area (TPSA) is 46.2 Å². The van der Waals surface area contributed by atoms with Crippen molar-refractivity contribution in [3.8, 4) is 0 Å². The summed E-state index contributed by atoms with van der Waals surface area (Å²) in [6, 6.07) is 5.96. The summed E-state index contributed by atoms with van der Waals surface area (Å²) in [5.74, 6) is -0.0731. The van der Waals surface area contributed by atoms with Crippen molar-refractivity contribution in [2.75, 3.05) is 12.3 Å². The predicted molar refractivity (Wildman–Crippen MR) is 78.9 cm³/mol. The van der Waals surface area contributed by atoms with Crippen LogP contribution in [0.15, 0.2) is 24.3 Å². The van der Waals surface area contributed by atoms with Crippen molar-refractivity contribution < 1.29 is 12.8 Å². The Morgan fingerprint density at radius 2 is 2.20 bits per heavy atom. The van der Waals surface area contributed by atoms with Gasteiger partial charge in [-0.15, -0.1) is 0 Å². The van der Waals surface area contributed by atoms with Crippen LogP contribution in [0.5, 0.6) is 0 Å². The molecule has 1 aliphatic rings. The SMILES string of the molecule is CCCNC(c1cccc(F)c1)C1CCCCS1(=O)=O. The van der Waals surface area contributed by atoms with E-state index in [1.54, 1.807) is 12.1 Å². The van der Waals surface area contributed by atoms with Crippen molar-refractivity contribution in [2.24, 2.45) is 0 Å². The van der Waals surface area contributed by atoms with E-state index in [2.05, 4.69) is 5.32 Å². The molecular formula is C15H22FNO2S. The van der Waals surface area contributed by atoms with Gasteiger partial charge >= 0.3 is 0 Å². The number of hydrogen-bond donors (Lipinski definition) is 1. The third-order valence-electron chi connectivity index (χ3n) is 3.82. The van der Waals surface area contributed by atoms with Gasteiger partial charge in [0.25, 0.3) is 0 Å². The Labute approximate surface area is 120 Å². The summed E-state index contributed by atoms with van der Waals surface area (Å²) in [5.41, 5.74) is 0.730. The third-order valence-corrected chi connectivity index (χ3v) is 6.11. The zero-order valence-electron chi connectivity index (χ0n) is 11.8. The molecule has 112 valence electrons. The number of benzene rings is 1. The monoisotopic (exact) mass is 299 g/mol. The molecule has 0 bridgehead atoms. The number of nitrogens with one attached hydrogen (secondary N) is 1. The molecule has 1 aliphatic heterocycles. The van der Waals surface area contributed by atoms with Crippen LogP contribution in [-0.2, 0) is 9.84 Å². The minimum Gasteiger partial charge on any atom is -0.309 e. The molecule has 2 atom stereocenters. The molecule has 0 radical (unpaired) electrons. The smallest absolute Gasteiger partial charge is 0.155 e. The summed E-state index contributed by atoms with van der Waals surface area (Å²) in [6.45, 7) is 2.76. The summed E-state index contributed by atoms with van der Waals surface area (Å²) in [7, 11) is -3.10. The molecule has 1 fully saturated rings. The molecule has 20 heavy (non-hydrogen) atoms. The Kier molecular flexibility index (Phi) is 5.16. The van der Waals surface area contributed by atoms with Crippen LogP contribution < -0.4 is 5.32 Å². The predicted octanol–water partition coefficient (Wildman–Crippen LogP) is 2.83. The molecule has 0 amide bonds. The highest BCUT2D eigenvalue weighted by Gasteiger charge is 2.36. The Morgan fingerprint density at radius 3 is 2.85 bits per heavy atom. The lowest BCUT2D eigenvalue weighted by atomic mass is 9.99. The Hall–Kier alpha value is -0.940. The second-order valence-corrected chi connectivity index (χ2v) is 7.73. The molecule has 1 aromatic carbocycles. The molecule has 0 aromatic heterocycles. The van der Waals surface area contributed by atoms with E-state index in [-0.39, 0.29) is 17.6 Å². The Morgan fingerprint density at radius 1 is 1.40 bits per heavy atom. The van der Waals surface area contributed by atoms with Crippen molar-refractivity contribution in [2.45, 2.75) is 43.9 Å². The quantitative estimate of drug-likeness (QED) is 0.909. The zero-order chi connectivity index (χ0) is 14.6. The first-order chi connectivity index (χ1) is 9.54. The molecule has 1 saturated heterocycles. The number of sulfone groups is 1. The summed E-state index contributed by atoms with van der Waals surface area (Å²) >= 11 is 0. The average Bonchev–Trinajstić information content (AvgIpc) is 2.40. The van der Waals surface area contributed by atoms with Gasteiger partial charge in [0.05, 0.1) is 11.0 Å². The normalized spacial score (nSPS) is 23.4. The highest BCUT2D eigenvalue weighted by atomic mass is 32.2. The van der Waals surface area contributed by atoms with E-state index in [1.165, 1.54) is 12.1 Å². The molecule has 1 N–H and O–H groups in total. The first-order valence-corrected chi connectivity index (χ1v) is 8.96. The largest absolute Gasteiger partial charge is 0.309 e. The van der Waals surface area contributed by atoms with Gasteiger partial charge in [-0.2, -0.15) is 0 Å². The second kappa shape index (κ2) is 6.68. The first-order valence-electron chi connectivity index (χ1n) is 7.25. The maximum atomic E-state index is 13.4. The van der Waals surface area contributed by atoms with Crippen molar-refractivity contribution in [1.29, 1.82) is 0 Å². The number of halogens is 1. The molecule has 1 heterocycles. The molecule has 5 heteroatoms. The van der Waals surface area contributed by atoms with E-state index >= 15 is 0 Å². The van der Waals surface area contributed by atoms with E-state index in [0.717, 1.165) is 31.4 Å².